The van der Waals surface area contributed by atoms with Gasteiger partial charge in [-0.2, -0.15) is 0 Å². The Morgan fingerprint density at radius 2 is 1.60 bits per heavy atom. The Bertz CT molecular complexity index is 79.7. The zero-order chi connectivity index (χ0) is 8.15. The second-order valence-corrected chi connectivity index (χ2v) is 2.61. The molecule has 0 unspecified atom stereocenters. The van der Waals surface area contributed by atoms with Crippen LogP contribution in [0.2, 0.25) is 0 Å². The monoisotopic (exact) mass is 214 g/mol. The van der Waals surface area contributed by atoms with Gasteiger partial charge in [0.1, 0.15) is 12.2 Å². The van der Waals surface area contributed by atoms with E-state index in [-0.39, 0.29) is 5.33 Å². The molecule has 0 saturated heterocycles. The Labute approximate surface area is 67.2 Å². The minimum atomic E-state index is -1.29. The molecule has 0 aliphatic heterocycles. The van der Waals surface area contributed by atoms with Gasteiger partial charge in [-0.1, -0.05) is 15.9 Å². The van der Waals surface area contributed by atoms with Gasteiger partial charge in [-0.15, -0.1) is 0 Å². The van der Waals surface area contributed by atoms with Gasteiger partial charge < -0.3 is 20.4 Å². The molecule has 0 bridgehead atoms. The fraction of sp³-hybridized carbons (Fsp3) is 1.00. The fourth-order valence-corrected chi connectivity index (χ4v) is 0.839. The average molecular weight is 215 g/mol. The first-order chi connectivity index (χ1) is 4.63. The Morgan fingerprint density at radius 1 is 1.10 bits per heavy atom. The van der Waals surface area contributed by atoms with Crippen LogP contribution in [0, 0.1) is 0 Å². The summed E-state index contributed by atoms with van der Waals surface area (Å²) in [5.74, 6) is 0. The summed E-state index contributed by atoms with van der Waals surface area (Å²) in [7, 11) is 0. The molecular weight excluding hydrogens is 204 g/mol. The number of aliphatic hydroxyl groups is 4. The number of hydrogen-bond donors (Lipinski definition) is 4. The molecule has 0 aromatic rings. The summed E-state index contributed by atoms with van der Waals surface area (Å²) < 4.78 is 0. The van der Waals surface area contributed by atoms with Crippen molar-refractivity contribution in [3.8, 4) is 0 Å². The second-order valence-electron chi connectivity index (χ2n) is 1.96. The van der Waals surface area contributed by atoms with Crippen LogP contribution in [-0.2, 0) is 0 Å². The summed E-state index contributed by atoms with van der Waals surface area (Å²) in [4.78, 5) is 0. The van der Waals surface area contributed by atoms with E-state index in [1.807, 2.05) is 0 Å². The largest absolute Gasteiger partial charge is 0.394 e. The van der Waals surface area contributed by atoms with Gasteiger partial charge >= 0.3 is 0 Å². The Kier molecular flexibility index (Phi) is 5.20. The van der Waals surface area contributed by atoms with E-state index in [9.17, 15) is 0 Å². The van der Waals surface area contributed by atoms with Gasteiger partial charge in [-0.3, -0.25) is 0 Å². The molecular formula is C5H11BrO4. The zero-order valence-electron chi connectivity index (χ0n) is 5.31. The molecule has 0 aromatic heterocycles. The molecule has 0 radical (unpaired) electrons. The molecule has 0 fully saturated rings. The smallest absolute Gasteiger partial charge is 0.109 e. The molecule has 0 aliphatic rings. The Hall–Kier alpha value is 0.320. The van der Waals surface area contributed by atoms with Gasteiger partial charge in [0.2, 0.25) is 0 Å². The van der Waals surface area contributed by atoms with E-state index in [0.29, 0.717) is 0 Å². The first-order valence-electron chi connectivity index (χ1n) is 2.84. The van der Waals surface area contributed by atoms with Crippen molar-refractivity contribution in [2.75, 3.05) is 11.9 Å². The molecule has 0 rings (SSSR count). The van der Waals surface area contributed by atoms with Gasteiger partial charge in [0.25, 0.3) is 0 Å². The quantitative estimate of drug-likeness (QED) is 0.428. The van der Waals surface area contributed by atoms with E-state index >= 15 is 0 Å². The molecule has 0 saturated carbocycles. The average Bonchev–Trinajstić information content (AvgIpc) is 2.00. The van der Waals surface area contributed by atoms with Crippen molar-refractivity contribution in [3.05, 3.63) is 0 Å². The number of aliphatic hydroxyl groups excluding tert-OH is 4. The van der Waals surface area contributed by atoms with Gasteiger partial charge in [0.15, 0.2) is 0 Å². The van der Waals surface area contributed by atoms with Gasteiger partial charge in [0, 0.05) is 5.33 Å². The summed E-state index contributed by atoms with van der Waals surface area (Å²) in [5.41, 5.74) is 0. The van der Waals surface area contributed by atoms with Crippen molar-refractivity contribution >= 4 is 15.9 Å². The predicted molar refractivity (Wildman–Crippen MR) is 38.9 cm³/mol. The van der Waals surface area contributed by atoms with Crippen LogP contribution in [0.25, 0.3) is 0 Å². The highest BCUT2D eigenvalue weighted by Gasteiger charge is 2.22. The summed E-state index contributed by atoms with van der Waals surface area (Å²) in [6.45, 7) is -0.550. The van der Waals surface area contributed by atoms with Crippen molar-refractivity contribution in [1.82, 2.24) is 0 Å². The van der Waals surface area contributed by atoms with Crippen molar-refractivity contribution in [3.63, 3.8) is 0 Å². The van der Waals surface area contributed by atoms with E-state index in [1.165, 1.54) is 0 Å². The maximum Gasteiger partial charge on any atom is 0.109 e. The van der Waals surface area contributed by atoms with Gasteiger partial charge in [0.05, 0.1) is 12.7 Å². The molecule has 0 spiro atoms. The molecule has 3 atom stereocenters. The van der Waals surface area contributed by atoms with E-state index in [1.54, 1.807) is 0 Å². The number of rotatable bonds is 4. The van der Waals surface area contributed by atoms with Crippen molar-refractivity contribution in [2.45, 2.75) is 18.3 Å². The van der Waals surface area contributed by atoms with Crippen LogP contribution in [0.1, 0.15) is 0 Å². The molecule has 4 N–H and O–H groups in total. The standard InChI is InChI=1S/C5H11BrO4/c6-1-3(8)5(10)4(9)2-7/h3-5,7-10H,1-2H2/t3-,4-,5+/m1/s1. The SMILES string of the molecule is OC[C@@H](O)[C@@H](O)[C@H](O)CBr. The highest BCUT2D eigenvalue weighted by molar-refractivity contribution is 9.09. The molecule has 0 aromatic carbocycles. The molecule has 0 heterocycles. The number of hydrogen-bond acceptors (Lipinski definition) is 4. The summed E-state index contributed by atoms with van der Waals surface area (Å²) in [6, 6.07) is 0. The first kappa shape index (κ1) is 10.3. The second kappa shape index (κ2) is 5.03. The third kappa shape index (κ3) is 2.94. The van der Waals surface area contributed by atoms with Gasteiger partial charge in [-0.25, -0.2) is 0 Å². The van der Waals surface area contributed by atoms with E-state index in [2.05, 4.69) is 15.9 Å². The van der Waals surface area contributed by atoms with Crippen LogP contribution in [0.5, 0.6) is 0 Å². The highest BCUT2D eigenvalue weighted by Crippen LogP contribution is 2.02. The lowest BCUT2D eigenvalue weighted by molar-refractivity contribution is -0.0680. The molecule has 4 nitrogen and oxygen atoms in total. The third-order valence-electron chi connectivity index (χ3n) is 1.13. The van der Waals surface area contributed by atoms with Crippen LogP contribution >= 0.6 is 15.9 Å². The van der Waals surface area contributed by atoms with Gasteiger partial charge in [-0.05, 0) is 0 Å². The molecule has 0 amide bonds. The zero-order valence-corrected chi connectivity index (χ0v) is 6.90. The number of alkyl halides is 1. The first-order valence-corrected chi connectivity index (χ1v) is 3.96. The van der Waals surface area contributed by atoms with Crippen molar-refractivity contribution < 1.29 is 20.4 Å². The van der Waals surface area contributed by atoms with Crippen LogP contribution in [0.4, 0.5) is 0 Å². The normalized spacial score (nSPS) is 20.1. The molecule has 62 valence electrons. The molecule has 5 heteroatoms. The minimum absolute atomic E-state index is 0.172. The predicted octanol–water partition coefficient (Wildman–Crippen LogP) is -1.54. The van der Waals surface area contributed by atoms with Crippen LogP contribution in [-0.4, -0.2) is 50.7 Å². The molecule has 10 heavy (non-hydrogen) atoms. The maximum absolute atomic E-state index is 8.90. The topological polar surface area (TPSA) is 80.9 Å². The molecule has 0 aliphatic carbocycles. The van der Waals surface area contributed by atoms with E-state index in [4.69, 9.17) is 20.4 Å². The van der Waals surface area contributed by atoms with Crippen LogP contribution < -0.4 is 0 Å². The lowest BCUT2D eigenvalue weighted by Crippen LogP contribution is -2.40. The van der Waals surface area contributed by atoms with E-state index in [0.717, 1.165) is 0 Å². The Morgan fingerprint density at radius 3 is 1.90 bits per heavy atom. The van der Waals surface area contributed by atoms with E-state index < -0.39 is 24.9 Å². The number of halogens is 1. The third-order valence-corrected chi connectivity index (χ3v) is 1.80. The fourth-order valence-electron chi connectivity index (χ4n) is 0.456. The van der Waals surface area contributed by atoms with Crippen molar-refractivity contribution in [2.24, 2.45) is 0 Å². The summed E-state index contributed by atoms with van der Waals surface area (Å²) in [5, 5.41) is 35.0. The lowest BCUT2D eigenvalue weighted by Gasteiger charge is -2.19. The summed E-state index contributed by atoms with van der Waals surface area (Å²) >= 11 is 2.91. The lowest BCUT2D eigenvalue weighted by atomic mass is 10.1. The maximum atomic E-state index is 8.90. The minimum Gasteiger partial charge on any atom is -0.394 e. The van der Waals surface area contributed by atoms with Crippen molar-refractivity contribution in [1.29, 1.82) is 0 Å². The summed E-state index contributed by atoms with van der Waals surface area (Å²) in [6.07, 6.45) is -3.60. The Balaban J connectivity index is 3.69. The van der Waals surface area contributed by atoms with Crippen LogP contribution in [0.3, 0.4) is 0 Å². The highest BCUT2D eigenvalue weighted by atomic mass is 79.9. The van der Waals surface area contributed by atoms with Crippen LogP contribution in [0.15, 0.2) is 0 Å².